The molecule has 2 aliphatic rings. The summed E-state index contributed by atoms with van der Waals surface area (Å²) in [4.78, 5) is 46.3. The van der Waals surface area contributed by atoms with E-state index in [1.54, 1.807) is 13.8 Å². The van der Waals surface area contributed by atoms with Crippen LogP contribution in [0.2, 0.25) is 0 Å². The molecule has 196 valence electrons. The summed E-state index contributed by atoms with van der Waals surface area (Å²) in [5.74, 6) is 1.55. The van der Waals surface area contributed by atoms with Gasteiger partial charge in [0.05, 0.1) is 13.2 Å². The van der Waals surface area contributed by atoms with Crippen LogP contribution in [0.1, 0.15) is 43.6 Å². The van der Waals surface area contributed by atoms with Crippen molar-refractivity contribution in [1.29, 1.82) is 0 Å². The van der Waals surface area contributed by atoms with Gasteiger partial charge in [0.15, 0.2) is 23.0 Å². The summed E-state index contributed by atoms with van der Waals surface area (Å²) in [6.45, 7) is 2.88. The molecular weight excluding hydrogens is 496 g/mol. The number of nitroso groups, excluding NO2 is 2. The van der Waals surface area contributed by atoms with Crippen LogP contribution in [0, 0.1) is 9.81 Å². The van der Waals surface area contributed by atoms with Gasteiger partial charge in [-0.2, -0.15) is 0 Å². The first-order valence-electron chi connectivity index (χ1n) is 11.1. The minimum atomic E-state index is -0.991. The van der Waals surface area contributed by atoms with Gasteiger partial charge in [-0.15, -0.1) is 9.81 Å². The molecule has 2 aliphatic heterocycles. The smallest absolute Gasteiger partial charge is 0.454 e. The number of benzene rings is 2. The first-order chi connectivity index (χ1) is 17.9. The van der Waals surface area contributed by atoms with Crippen LogP contribution in [0.3, 0.4) is 0 Å². The van der Waals surface area contributed by atoms with Gasteiger partial charge in [-0.1, -0.05) is 0 Å². The van der Waals surface area contributed by atoms with Gasteiger partial charge in [0.2, 0.25) is 13.6 Å². The van der Waals surface area contributed by atoms with Crippen molar-refractivity contribution in [3.8, 4) is 23.0 Å². The van der Waals surface area contributed by atoms with E-state index in [1.165, 1.54) is 24.3 Å². The first-order valence-corrected chi connectivity index (χ1v) is 11.1. The Hall–Kier alpha value is -4.62. The van der Waals surface area contributed by atoms with E-state index in [4.69, 9.17) is 37.9 Å². The summed E-state index contributed by atoms with van der Waals surface area (Å²) in [5, 5.41) is 5.87. The molecule has 0 spiro atoms. The third kappa shape index (κ3) is 5.97. The maximum Gasteiger partial charge on any atom is 0.508 e. The fraction of sp³-hybridized carbons (Fsp3) is 0.391. The second-order valence-electron chi connectivity index (χ2n) is 7.78. The molecule has 4 rings (SSSR count). The molecule has 2 aromatic rings. The molecule has 0 radical (unpaired) electrons. The largest absolute Gasteiger partial charge is 0.508 e. The maximum absolute atomic E-state index is 12.0. The highest BCUT2D eigenvalue weighted by Gasteiger charge is 2.25. The van der Waals surface area contributed by atoms with E-state index in [2.05, 4.69) is 10.4 Å². The van der Waals surface area contributed by atoms with Crippen molar-refractivity contribution < 1.29 is 47.5 Å². The van der Waals surface area contributed by atoms with Crippen molar-refractivity contribution >= 4 is 23.7 Å². The number of hydrogen-bond acceptors (Lipinski definition) is 14. The van der Waals surface area contributed by atoms with Crippen LogP contribution in [0.25, 0.3) is 0 Å². The van der Waals surface area contributed by atoms with Crippen molar-refractivity contribution in [2.24, 2.45) is 10.4 Å². The molecule has 0 fully saturated rings. The minimum Gasteiger partial charge on any atom is -0.454 e. The third-order valence-corrected chi connectivity index (χ3v) is 5.39. The molecule has 0 amide bonds. The number of nitrogens with zero attached hydrogens (tertiary/aromatic N) is 2. The zero-order valence-corrected chi connectivity index (χ0v) is 19.8. The average molecular weight is 518 g/mol. The minimum absolute atomic E-state index is 0.0122. The Bertz CT molecular complexity index is 1110. The highest BCUT2D eigenvalue weighted by atomic mass is 16.7. The van der Waals surface area contributed by atoms with Gasteiger partial charge < -0.3 is 37.9 Å². The van der Waals surface area contributed by atoms with E-state index < -0.39 is 24.5 Å². The van der Waals surface area contributed by atoms with Crippen molar-refractivity contribution in [3.63, 3.8) is 0 Å². The van der Waals surface area contributed by atoms with Crippen LogP contribution in [0.5, 0.6) is 23.0 Å². The van der Waals surface area contributed by atoms with Crippen LogP contribution >= 0.6 is 0 Å². The van der Waals surface area contributed by atoms with Crippen molar-refractivity contribution in [2.75, 3.05) is 26.8 Å². The van der Waals surface area contributed by atoms with Gasteiger partial charge in [-0.3, -0.25) is 0 Å². The molecule has 14 heteroatoms. The van der Waals surface area contributed by atoms with Gasteiger partial charge in [0, 0.05) is 29.7 Å². The Balaban J connectivity index is 1.18. The van der Waals surface area contributed by atoms with Crippen LogP contribution in [0.4, 0.5) is 21.0 Å². The lowest BCUT2D eigenvalue weighted by atomic mass is 10.1. The molecule has 0 saturated heterocycles. The zero-order valence-electron chi connectivity index (χ0n) is 19.8. The Labute approximate surface area is 209 Å². The van der Waals surface area contributed by atoms with Crippen molar-refractivity contribution in [2.45, 2.75) is 32.5 Å². The normalized spacial score (nSPS) is 14.3. The number of rotatable bonds is 10. The SMILES string of the molecule is CC(OC(=O)OCCCOC(=O)OC(C)c1cc2c(cc1N=O)OCO2)c1cc2c(cc1N=O)OCO2. The van der Waals surface area contributed by atoms with E-state index in [-0.39, 0.29) is 44.6 Å². The zero-order chi connectivity index (χ0) is 26.4. The second-order valence-corrected chi connectivity index (χ2v) is 7.78. The quantitative estimate of drug-likeness (QED) is 0.222. The Morgan fingerprint density at radius 1 is 0.730 bits per heavy atom. The maximum atomic E-state index is 12.0. The standard InChI is InChI=1S/C23H22N2O12/c1-12(14-6-18-20(34-10-32-18)8-16(14)24-28)36-22(26)30-4-3-5-31-23(27)37-13(2)15-7-19-21(35-11-33-19)9-17(15)25-29/h6-9,12-13H,3-5,10-11H2,1-2H3. The van der Waals surface area contributed by atoms with Crippen LogP contribution in [0.15, 0.2) is 34.6 Å². The van der Waals surface area contributed by atoms with E-state index in [9.17, 15) is 19.4 Å². The molecule has 37 heavy (non-hydrogen) atoms. The van der Waals surface area contributed by atoms with Gasteiger partial charge in [-0.05, 0) is 36.3 Å². The summed E-state index contributed by atoms with van der Waals surface area (Å²) in [6, 6.07) is 5.82. The third-order valence-electron chi connectivity index (χ3n) is 5.39. The lowest BCUT2D eigenvalue weighted by Gasteiger charge is -2.16. The lowest BCUT2D eigenvalue weighted by molar-refractivity contribution is 0.0136. The molecule has 0 saturated carbocycles. The molecule has 2 unspecified atom stereocenters. The summed E-state index contributed by atoms with van der Waals surface area (Å²) in [7, 11) is 0. The average Bonchev–Trinajstić information content (AvgIpc) is 3.55. The van der Waals surface area contributed by atoms with Gasteiger partial charge in [0.1, 0.15) is 23.6 Å². The summed E-state index contributed by atoms with van der Waals surface area (Å²) >= 11 is 0. The lowest BCUT2D eigenvalue weighted by Crippen LogP contribution is -2.15. The van der Waals surface area contributed by atoms with E-state index >= 15 is 0 Å². The topological polar surface area (TPSA) is 167 Å². The molecular formula is C23H22N2O12. The predicted molar refractivity (Wildman–Crippen MR) is 122 cm³/mol. The summed E-state index contributed by atoms with van der Waals surface area (Å²) in [6.07, 6.45) is -3.54. The Morgan fingerprint density at radius 2 is 1.11 bits per heavy atom. The summed E-state index contributed by atoms with van der Waals surface area (Å²) in [5.41, 5.74) is 0.739. The number of hydrogen-bond donors (Lipinski definition) is 0. The van der Waals surface area contributed by atoms with Gasteiger partial charge >= 0.3 is 12.3 Å². The van der Waals surface area contributed by atoms with E-state index in [0.717, 1.165) is 0 Å². The first kappa shape index (κ1) is 25.5. The van der Waals surface area contributed by atoms with Crippen molar-refractivity contribution in [1.82, 2.24) is 0 Å². The number of ether oxygens (including phenoxy) is 8. The Kier molecular flexibility index (Phi) is 7.86. The van der Waals surface area contributed by atoms with Crippen LogP contribution in [-0.4, -0.2) is 39.1 Å². The second kappa shape index (κ2) is 11.4. The molecule has 0 aliphatic carbocycles. The van der Waals surface area contributed by atoms with E-state index in [1.807, 2.05) is 0 Å². The van der Waals surface area contributed by atoms with Crippen LogP contribution in [-0.2, 0) is 18.9 Å². The highest BCUT2D eigenvalue weighted by molar-refractivity contribution is 5.64. The fourth-order valence-corrected chi connectivity index (χ4v) is 3.56. The number of carbonyl (C=O) groups is 2. The molecule has 0 bridgehead atoms. The molecule has 0 N–H and O–H groups in total. The Morgan fingerprint density at radius 3 is 1.49 bits per heavy atom. The predicted octanol–water partition coefficient (Wildman–Crippen LogP) is 5.46. The number of carbonyl (C=O) groups excluding carboxylic acids is 2. The van der Waals surface area contributed by atoms with Gasteiger partial charge in [0.25, 0.3) is 0 Å². The molecule has 14 nitrogen and oxygen atoms in total. The van der Waals surface area contributed by atoms with E-state index in [0.29, 0.717) is 34.1 Å². The summed E-state index contributed by atoms with van der Waals surface area (Å²) < 4.78 is 41.2. The number of fused-ring (bicyclic) bond motifs is 2. The molecule has 2 aromatic carbocycles. The van der Waals surface area contributed by atoms with Crippen molar-refractivity contribution in [3.05, 3.63) is 45.2 Å². The molecule has 0 aromatic heterocycles. The molecule has 2 atom stereocenters. The fourth-order valence-electron chi connectivity index (χ4n) is 3.56. The highest BCUT2D eigenvalue weighted by Crippen LogP contribution is 2.42. The van der Waals surface area contributed by atoms with Gasteiger partial charge in [-0.25, -0.2) is 9.59 Å². The van der Waals surface area contributed by atoms with Crippen LogP contribution < -0.4 is 18.9 Å². The monoisotopic (exact) mass is 518 g/mol. The molecule has 2 heterocycles.